The Kier molecular flexibility index (Phi) is 7.07. The lowest BCUT2D eigenvalue weighted by molar-refractivity contribution is 0.0679. The highest BCUT2D eigenvalue weighted by atomic mass is 16.6. The lowest BCUT2D eigenvalue weighted by Gasteiger charge is -2.23. The van der Waals surface area contributed by atoms with E-state index in [2.05, 4.69) is 5.16 Å². The van der Waals surface area contributed by atoms with Crippen LogP contribution in [0.1, 0.15) is 27.9 Å². The third kappa shape index (κ3) is 4.47. The Morgan fingerprint density at radius 1 is 1.20 bits per heavy atom. The number of oxime groups is 1. The van der Waals surface area contributed by atoms with Gasteiger partial charge in [-0.15, -0.1) is 0 Å². The number of hydrogen-bond acceptors (Lipinski definition) is 6. The van der Waals surface area contributed by atoms with Gasteiger partial charge in [0.15, 0.2) is 0 Å². The molecule has 0 aliphatic carbocycles. The minimum Gasteiger partial charge on any atom is -0.491 e. The highest BCUT2D eigenvalue weighted by Crippen LogP contribution is 2.35. The highest BCUT2D eigenvalue weighted by molar-refractivity contribution is 6.01. The topological polar surface area (TPSA) is 91.6 Å². The predicted octanol–water partition coefficient (Wildman–Crippen LogP) is 2.55. The van der Waals surface area contributed by atoms with Crippen LogP contribution < -0.4 is 4.74 Å². The molecule has 2 aromatic rings. The summed E-state index contributed by atoms with van der Waals surface area (Å²) in [4.78, 5) is 19.6. The molecule has 30 heavy (non-hydrogen) atoms. The number of carbonyl (C=O) groups excluding carboxylic acids is 1. The molecule has 1 heterocycles. The van der Waals surface area contributed by atoms with Crippen LogP contribution >= 0.6 is 0 Å². The lowest BCUT2D eigenvalue weighted by atomic mass is 9.95. The first kappa shape index (κ1) is 21.8. The van der Waals surface area contributed by atoms with Crippen molar-refractivity contribution in [2.24, 2.45) is 5.16 Å². The van der Waals surface area contributed by atoms with E-state index in [-0.39, 0.29) is 31.8 Å². The minimum absolute atomic E-state index is 0.125. The molecule has 1 atom stereocenters. The Balaban J connectivity index is 1.97. The molecule has 1 saturated heterocycles. The molecule has 2 aromatic carbocycles. The summed E-state index contributed by atoms with van der Waals surface area (Å²) in [5.74, 6) is 0.325. The van der Waals surface area contributed by atoms with E-state index in [1.807, 2.05) is 38.1 Å². The van der Waals surface area contributed by atoms with E-state index in [0.29, 0.717) is 30.0 Å². The van der Waals surface area contributed by atoms with Crippen molar-refractivity contribution in [1.29, 1.82) is 0 Å². The SMILES string of the molecule is CO/N=C1\CC(CO)N(C(=O)c2ccc(-c3cccc(C)c3C)c(OCCO)c2)C1. The van der Waals surface area contributed by atoms with E-state index in [1.165, 1.54) is 7.11 Å². The van der Waals surface area contributed by atoms with Crippen LogP contribution in [0.5, 0.6) is 5.75 Å². The largest absolute Gasteiger partial charge is 0.491 e. The lowest BCUT2D eigenvalue weighted by Crippen LogP contribution is -2.37. The molecule has 2 N–H and O–H groups in total. The van der Waals surface area contributed by atoms with Gasteiger partial charge in [-0.2, -0.15) is 0 Å². The number of hydrogen-bond donors (Lipinski definition) is 2. The van der Waals surface area contributed by atoms with Crippen molar-refractivity contribution in [2.75, 3.05) is 33.5 Å². The van der Waals surface area contributed by atoms with E-state index in [1.54, 1.807) is 17.0 Å². The maximum absolute atomic E-state index is 13.2. The quantitative estimate of drug-likeness (QED) is 0.682. The molecule has 3 rings (SSSR count). The van der Waals surface area contributed by atoms with Crippen LogP contribution in [0.15, 0.2) is 41.6 Å². The standard InChI is InChI=1S/C23H28N2O5/c1-15-5-4-6-20(16(15)2)21-8-7-17(11-22(21)30-10-9-26)23(28)25-13-18(24-29-3)12-19(25)14-27/h4-8,11,19,26-27H,9-10,12-14H2,1-3H3/b24-18+. The second kappa shape index (κ2) is 9.73. The molecular weight excluding hydrogens is 384 g/mol. The van der Waals surface area contributed by atoms with E-state index >= 15 is 0 Å². The Morgan fingerprint density at radius 2 is 2.00 bits per heavy atom. The number of amides is 1. The average Bonchev–Trinajstić information content (AvgIpc) is 3.17. The Morgan fingerprint density at radius 3 is 2.70 bits per heavy atom. The van der Waals surface area contributed by atoms with Crippen LogP contribution in [0.2, 0.25) is 0 Å². The number of aliphatic hydroxyl groups excluding tert-OH is 2. The summed E-state index contributed by atoms with van der Waals surface area (Å²) in [7, 11) is 1.46. The third-order valence-corrected chi connectivity index (χ3v) is 5.43. The summed E-state index contributed by atoms with van der Waals surface area (Å²) in [6.07, 6.45) is 0.477. The number of benzene rings is 2. The smallest absolute Gasteiger partial charge is 0.254 e. The van der Waals surface area contributed by atoms with E-state index < -0.39 is 0 Å². The van der Waals surface area contributed by atoms with Gasteiger partial charge in [0.05, 0.1) is 31.5 Å². The van der Waals surface area contributed by atoms with Gasteiger partial charge in [0.2, 0.25) is 0 Å². The molecule has 0 radical (unpaired) electrons. The maximum Gasteiger partial charge on any atom is 0.254 e. The van der Waals surface area contributed by atoms with Crippen LogP contribution in [0, 0.1) is 13.8 Å². The summed E-state index contributed by atoms with van der Waals surface area (Å²) in [5, 5.41) is 22.9. The molecule has 0 saturated carbocycles. The normalized spacial score (nSPS) is 17.4. The third-order valence-electron chi connectivity index (χ3n) is 5.43. The molecule has 0 aromatic heterocycles. The van der Waals surface area contributed by atoms with Crippen LogP contribution in [0.25, 0.3) is 11.1 Å². The summed E-state index contributed by atoms with van der Waals surface area (Å²) in [6, 6.07) is 11.1. The van der Waals surface area contributed by atoms with Crippen LogP contribution in [-0.4, -0.2) is 66.2 Å². The van der Waals surface area contributed by atoms with Crippen molar-refractivity contribution >= 4 is 11.6 Å². The van der Waals surface area contributed by atoms with Crippen molar-refractivity contribution in [3.8, 4) is 16.9 Å². The van der Waals surface area contributed by atoms with Crippen molar-refractivity contribution in [1.82, 2.24) is 4.90 Å². The number of ether oxygens (including phenoxy) is 1. The van der Waals surface area contributed by atoms with Gasteiger partial charge in [-0.1, -0.05) is 23.4 Å². The summed E-state index contributed by atoms with van der Waals surface area (Å²) in [6.45, 7) is 4.26. The summed E-state index contributed by atoms with van der Waals surface area (Å²) in [5.41, 5.74) is 5.34. The van der Waals surface area contributed by atoms with Crippen LogP contribution in [0.3, 0.4) is 0 Å². The molecule has 1 aliphatic heterocycles. The monoisotopic (exact) mass is 412 g/mol. The van der Waals surface area contributed by atoms with Crippen LogP contribution in [0.4, 0.5) is 0 Å². The number of carbonyl (C=O) groups is 1. The Labute approximate surface area is 176 Å². The van der Waals surface area contributed by atoms with Gasteiger partial charge in [0.25, 0.3) is 5.91 Å². The second-order valence-corrected chi connectivity index (χ2v) is 7.34. The predicted molar refractivity (Wildman–Crippen MR) is 115 cm³/mol. The van der Waals surface area contributed by atoms with Crippen molar-refractivity contribution in [2.45, 2.75) is 26.3 Å². The first-order valence-corrected chi connectivity index (χ1v) is 9.95. The Bertz CT molecular complexity index is 941. The number of rotatable bonds is 7. The molecule has 160 valence electrons. The highest BCUT2D eigenvalue weighted by Gasteiger charge is 2.33. The zero-order valence-electron chi connectivity index (χ0n) is 17.6. The average molecular weight is 412 g/mol. The molecule has 7 nitrogen and oxygen atoms in total. The first-order chi connectivity index (χ1) is 14.5. The van der Waals surface area contributed by atoms with Gasteiger partial charge in [0, 0.05) is 17.5 Å². The van der Waals surface area contributed by atoms with E-state index in [9.17, 15) is 15.0 Å². The summed E-state index contributed by atoms with van der Waals surface area (Å²) < 4.78 is 5.79. The van der Waals surface area contributed by atoms with Crippen molar-refractivity contribution in [3.05, 3.63) is 53.1 Å². The van der Waals surface area contributed by atoms with E-state index in [0.717, 1.165) is 22.3 Å². The zero-order chi connectivity index (χ0) is 21.7. The van der Waals surface area contributed by atoms with Crippen molar-refractivity contribution in [3.63, 3.8) is 0 Å². The van der Waals surface area contributed by atoms with Crippen LogP contribution in [-0.2, 0) is 4.84 Å². The van der Waals surface area contributed by atoms with E-state index in [4.69, 9.17) is 9.57 Å². The summed E-state index contributed by atoms with van der Waals surface area (Å²) >= 11 is 0. The fourth-order valence-electron chi connectivity index (χ4n) is 3.73. The molecule has 7 heteroatoms. The van der Waals surface area contributed by atoms with Crippen molar-refractivity contribution < 1.29 is 24.6 Å². The molecule has 1 amide bonds. The molecule has 1 unspecified atom stereocenters. The zero-order valence-corrected chi connectivity index (χ0v) is 17.6. The molecule has 1 fully saturated rings. The number of likely N-dealkylation sites (tertiary alicyclic amines) is 1. The Hall–Kier alpha value is -2.90. The van der Waals surface area contributed by atoms with Gasteiger partial charge >= 0.3 is 0 Å². The van der Waals surface area contributed by atoms with Gasteiger partial charge in [0.1, 0.15) is 19.5 Å². The second-order valence-electron chi connectivity index (χ2n) is 7.34. The first-order valence-electron chi connectivity index (χ1n) is 9.95. The maximum atomic E-state index is 13.2. The number of aryl methyl sites for hydroxylation is 1. The molecular formula is C23H28N2O5. The van der Waals surface area contributed by atoms with Gasteiger partial charge in [-0.05, 0) is 48.7 Å². The molecule has 1 aliphatic rings. The van der Waals surface area contributed by atoms with Gasteiger partial charge in [-0.3, -0.25) is 4.79 Å². The number of nitrogens with zero attached hydrogens (tertiary/aromatic N) is 2. The minimum atomic E-state index is -0.341. The molecule has 0 bridgehead atoms. The van der Waals surface area contributed by atoms with Gasteiger partial charge in [-0.25, -0.2) is 0 Å². The fourth-order valence-corrected chi connectivity index (χ4v) is 3.73. The molecule has 0 spiro atoms. The van der Waals surface area contributed by atoms with Gasteiger partial charge < -0.3 is 24.7 Å². The number of aliphatic hydroxyl groups is 2. The fraction of sp³-hybridized carbons (Fsp3) is 0.391.